The van der Waals surface area contributed by atoms with E-state index < -0.39 is 22.0 Å². The number of carbonyl (C=O) groups is 2. The fraction of sp³-hybridized carbons (Fsp3) is 0.600. The van der Waals surface area contributed by atoms with Crippen LogP contribution in [0.2, 0.25) is 0 Å². The molecule has 0 aromatic heterocycles. The SMILES string of the molecule is Cc1ccc(C)c(S(=O)(=O)N2CC[NH+](CC(=O)N3CCCC[C@H]3C(N)=O)CC2)c1. The highest BCUT2D eigenvalue weighted by Gasteiger charge is 2.35. The lowest BCUT2D eigenvalue weighted by Crippen LogP contribution is -3.15. The van der Waals surface area contributed by atoms with Crippen molar-refractivity contribution >= 4 is 21.8 Å². The van der Waals surface area contributed by atoms with Gasteiger partial charge < -0.3 is 15.5 Å². The number of nitrogens with two attached hydrogens (primary N) is 1. The molecule has 0 bridgehead atoms. The molecule has 29 heavy (non-hydrogen) atoms. The number of nitrogens with zero attached hydrogens (tertiary/aromatic N) is 2. The van der Waals surface area contributed by atoms with E-state index in [0.29, 0.717) is 44.0 Å². The maximum Gasteiger partial charge on any atom is 0.278 e. The van der Waals surface area contributed by atoms with Gasteiger partial charge in [-0.1, -0.05) is 12.1 Å². The number of hydrogen-bond donors (Lipinski definition) is 2. The van der Waals surface area contributed by atoms with Crippen LogP contribution in [0.1, 0.15) is 30.4 Å². The van der Waals surface area contributed by atoms with Crippen molar-refractivity contribution in [2.75, 3.05) is 39.3 Å². The first-order valence-corrected chi connectivity index (χ1v) is 11.6. The van der Waals surface area contributed by atoms with Gasteiger partial charge in [-0.3, -0.25) is 9.59 Å². The van der Waals surface area contributed by atoms with Crippen LogP contribution in [0.5, 0.6) is 0 Å². The van der Waals surface area contributed by atoms with Crippen LogP contribution in [0.25, 0.3) is 0 Å². The first kappa shape index (κ1) is 21.7. The number of piperidine rings is 1. The molecule has 0 spiro atoms. The molecule has 3 rings (SSSR count). The number of amides is 2. The number of likely N-dealkylation sites (tertiary alicyclic amines) is 1. The van der Waals surface area contributed by atoms with Crippen LogP contribution in [0.15, 0.2) is 23.1 Å². The lowest BCUT2D eigenvalue weighted by atomic mass is 10.0. The van der Waals surface area contributed by atoms with E-state index in [-0.39, 0.29) is 12.5 Å². The zero-order valence-electron chi connectivity index (χ0n) is 17.2. The minimum Gasteiger partial charge on any atom is -0.368 e. The van der Waals surface area contributed by atoms with Gasteiger partial charge in [0, 0.05) is 6.54 Å². The highest BCUT2D eigenvalue weighted by molar-refractivity contribution is 7.89. The van der Waals surface area contributed by atoms with Gasteiger partial charge in [0.05, 0.1) is 31.1 Å². The summed E-state index contributed by atoms with van der Waals surface area (Å²) in [6, 6.07) is 4.94. The summed E-state index contributed by atoms with van der Waals surface area (Å²) >= 11 is 0. The normalized spacial score (nSPS) is 21.9. The Balaban J connectivity index is 1.61. The van der Waals surface area contributed by atoms with Gasteiger partial charge in [0.1, 0.15) is 6.04 Å². The number of carbonyl (C=O) groups excluding carboxylic acids is 2. The monoisotopic (exact) mass is 423 g/mol. The number of benzene rings is 1. The zero-order chi connectivity index (χ0) is 21.2. The zero-order valence-corrected chi connectivity index (χ0v) is 18.0. The van der Waals surface area contributed by atoms with E-state index in [1.807, 2.05) is 19.1 Å². The van der Waals surface area contributed by atoms with Gasteiger partial charge in [-0.05, 0) is 50.3 Å². The molecule has 8 nitrogen and oxygen atoms in total. The van der Waals surface area contributed by atoms with E-state index in [2.05, 4.69) is 0 Å². The smallest absolute Gasteiger partial charge is 0.278 e. The number of sulfonamides is 1. The van der Waals surface area contributed by atoms with Gasteiger partial charge in [-0.15, -0.1) is 0 Å². The number of piperazine rings is 1. The van der Waals surface area contributed by atoms with Gasteiger partial charge in [-0.25, -0.2) is 8.42 Å². The third-order valence-electron chi connectivity index (χ3n) is 5.94. The Morgan fingerprint density at radius 3 is 2.48 bits per heavy atom. The Kier molecular flexibility index (Phi) is 6.60. The number of primary amides is 1. The fourth-order valence-corrected chi connectivity index (χ4v) is 5.94. The van der Waals surface area contributed by atoms with Crippen molar-refractivity contribution < 1.29 is 22.9 Å². The summed E-state index contributed by atoms with van der Waals surface area (Å²) in [4.78, 5) is 27.4. The van der Waals surface area contributed by atoms with Gasteiger partial charge in [0.2, 0.25) is 15.9 Å². The van der Waals surface area contributed by atoms with Crippen LogP contribution in [-0.2, 0) is 19.6 Å². The molecule has 3 N–H and O–H groups in total. The van der Waals surface area contributed by atoms with Crippen molar-refractivity contribution in [1.29, 1.82) is 0 Å². The fourth-order valence-electron chi connectivity index (χ4n) is 4.19. The highest BCUT2D eigenvalue weighted by atomic mass is 32.2. The largest absolute Gasteiger partial charge is 0.368 e. The van der Waals surface area contributed by atoms with Gasteiger partial charge in [0.15, 0.2) is 6.54 Å². The predicted molar refractivity (Wildman–Crippen MR) is 109 cm³/mol. The lowest BCUT2D eigenvalue weighted by molar-refractivity contribution is -0.896. The van der Waals surface area contributed by atoms with Crippen molar-refractivity contribution in [1.82, 2.24) is 9.21 Å². The Hall–Kier alpha value is -1.97. The Labute approximate surface area is 172 Å². The van der Waals surface area contributed by atoms with E-state index in [4.69, 9.17) is 5.73 Å². The molecule has 0 aliphatic carbocycles. The molecule has 2 aliphatic heterocycles. The second-order valence-electron chi connectivity index (χ2n) is 8.10. The second-order valence-corrected chi connectivity index (χ2v) is 10.0. The Morgan fingerprint density at radius 2 is 1.83 bits per heavy atom. The summed E-state index contributed by atoms with van der Waals surface area (Å²) < 4.78 is 27.6. The summed E-state index contributed by atoms with van der Waals surface area (Å²) in [6.45, 7) is 6.38. The van der Waals surface area contributed by atoms with Crippen molar-refractivity contribution in [3.63, 3.8) is 0 Å². The number of quaternary nitrogens is 1. The van der Waals surface area contributed by atoms with Crippen molar-refractivity contribution in [2.45, 2.75) is 44.0 Å². The van der Waals surface area contributed by atoms with Crippen LogP contribution in [-0.4, -0.2) is 74.7 Å². The van der Waals surface area contributed by atoms with Crippen LogP contribution in [0.4, 0.5) is 0 Å². The molecular weight excluding hydrogens is 392 g/mol. The second kappa shape index (κ2) is 8.81. The van der Waals surface area contributed by atoms with Gasteiger partial charge >= 0.3 is 0 Å². The number of hydrogen-bond acceptors (Lipinski definition) is 4. The molecule has 0 saturated carbocycles. The lowest BCUT2D eigenvalue weighted by Gasteiger charge is -2.36. The number of rotatable bonds is 5. The molecular formula is C20H31N4O4S+. The minimum absolute atomic E-state index is 0.0747. The van der Waals surface area contributed by atoms with Crippen LogP contribution in [0.3, 0.4) is 0 Å². The standard InChI is InChI=1S/C20H30N4O4S/c1-15-6-7-16(2)18(13-15)29(27,28)23-11-9-22(10-12-23)14-19(25)24-8-4-3-5-17(24)20(21)26/h6-7,13,17H,3-5,8-12,14H2,1-2H3,(H2,21,26)/p+1/t17-/m0/s1. The molecule has 0 unspecified atom stereocenters. The minimum atomic E-state index is -3.54. The third-order valence-corrected chi connectivity index (χ3v) is 7.98. The van der Waals surface area contributed by atoms with E-state index in [1.165, 1.54) is 4.31 Å². The van der Waals surface area contributed by atoms with Crippen molar-refractivity contribution in [2.24, 2.45) is 5.73 Å². The van der Waals surface area contributed by atoms with E-state index >= 15 is 0 Å². The molecule has 1 atom stereocenters. The van der Waals surface area contributed by atoms with E-state index in [9.17, 15) is 18.0 Å². The van der Waals surface area contributed by atoms with Crippen LogP contribution < -0.4 is 10.6 Å². The molecule has 160 valence electrons. The molecule has 2 amide bonds. The van der Waals surface area contributed by atoms with E-state index in [0.717, 1.165) is 28.9 Å². The molecule has 0 radical (unpaired) electrons. The quantitative estimate of drug-likeness (QED) is 0.638. The van der Waals surface area contributed by atoms with E-state index in [1.54, 1.807) is 17.9 Å². The van der Waals surface area contributed by atoms with Crippen LogP contribution >= 0.6 is 0 Å². The molecule has 1 aromatic rings. The summed E-state index contributed by atoms with van der Waals surface area (Å²) in [5.41, 5.74) is 7.11. The van der Waals surface area contributed by atoms with Crippen molar-refractivity contribution in [3.8, 4) is 0 Å². The Morgan fingerprint density at radius 1 is 1.14 bits per heavy atom. The molecule has 9 heteroatoms. The van der Waals surface area contributed by atoms with Crippen LogP contribution in [0, 0.1) is 13.8 Å². The maximum atomic E-state index is 13.0. The molecule has 2 fully saturated rings. The average Bonchev–Trinajstić information content (AvgIpc) is 2.70. The molecule has 1 aromatic carbocycles. The topological polar surface area (TPSA) is 105 Å². The summed E-state index contributed by atoms with van der Waals surface area (Å²) in [5.74, 6) is -0.521. The number of aryl methyl sites for hydroxylation is 2. The first-order chi connectivity index (χ1) is 13.7. The van der Waals surface area contributed by atoms with Crippen molar-refractivity contribution in [3.05, 3.63) is 29.3 Å². The highest BCUT2D eigenvalue weighted by Crippen LogP contribution is 2.21. The summed E-state index contributed by atoms with van der Waals surface area (Å²) in [6.07, 6.45) is 2.41. The Bertz CT molecular complexity index is 878. The first-order valence-electron chi connectivity index (χ1n) is 10.2. The third kappa shape index (κ3) is 4.79. The maximum absolute atomic E-state index is 13.0. The number of nitrogens with one attached hydrogen (secondary N) is 1. The summed E-state index contributed by atoms with van der Waals surface area (Å²) in [5, 5.41) is 0. The molecule has 2 saturated heterocycles. The predicted octanol–water partition coefficient (Wildman–Crippen LogP) is -0.941. The van der Waals surface area contributed by atoms with Gasteiger partial charge in [-0.2, -0.15) is 4.31 Å². The average molecular weight is 424 g/mol. The molecule has 2 heterocycles. The van der Waals surface area contributed by atoms with Gasteiger partial charge in [0.25, 0.3) is 5.91 Å². The molecule has 2 aliphatic rings. The summed E-state index contributed by atoms with van der Waals surface area (Å²) in [7, 11) is -3.54.